The lowest BCUT2D eigenvalue weighted by atomic mass is 10.0. The highest BCUT2D eigenvalue weighted by Gasteiger charge is 2.40. The first-order valence-electron chi connectivity index (χ1n) is 9.42. The van der Waals surface area contributed by atoms with Crippen LogP contribution in [0.3, 0.4) is 0 Å². The molecule has 1 aromatic carbocycles. The number of benzene rings is 1. The molecule has 2 aliphatic rings. The predicted molar refractivity (Wildman–Crippen MR) is 102 cm³/mol. The Bertz CT molecular complexity index is 1120. The number of hydrogen-bond acceptors (Lipinski definition) is 5. The Balaban J connectivity index is 1.36. The summed E-state index contributed by atoms with van der Waals surface area (Å²) in [6, 6.07) is 10.4. The van der Waals surface area contributed by atoms with E-state index in [2.05, 4.69) is 10.3 Å². The van der Waals surface area contributed by atoms with Gasteiger partial charge >= 0.3 is 0 Å². The average molecular weight is 390 g/mol. The number of nitrogens with one attached hydrogen (secondary N) is 1. The van der Waals surface area contributed by atoms with Crippen molar-refractivity contribution in [2.45, 2.75) is 32.0 Å². The molecule has 4 heterocycles. The smallest absolute Gasteiger partial charge is 0.255 e. The Hall–Kier alpha value is -3.68. The van der Waals surface area contributed by atoms with E-state index in [-0.39, 0.29) is 31.4 Å². The van der Waals surface area contributed by atoms with Crippen LogP contribution in [-0.2, 0) is 22.7 Å². The molecule has 1 unspecified atom stereocenters. The number of piperidine rings is 1. The molecule has 29 heavy (non-hydrogen) atoms. The number of pyridine rings is 1. The Kier molecular flexibility index (Phi) is 4.04. The van der Waals surface area contributed by atoms with Gasteiger partial charge in [0.05, 0.1) is 12.2 Å². The molecule has 2 aromatic heterocycles. The lowest BCUT2D eigenvalue weighted by molar-refractivity contribution is -0.136. The van der Waals surface area contributed by atoms with Crippen LogP contribution in [0.2, 0.25) is 0 Å². The van der Waals surface area contributed by atoms with Crippen molar-refractivity contribution in [1.82, 2.24) is 19.6 Å². The fraction of sp³-hybridized carbons (Fsp3) is 0.238. The van der Waals surface area contributed by atoms with E-state index in [1.807, 2.05) is 41.1 Å². The van der Waals surface area contributed by atoms with Gasteiger partial charge in [-0.15, -0.1) is 0 Å². The fourth-order valence-electron chi connectivity index (χ4n) is 3.90. The van der Waals surface area contributed by atoms with Gasteiger partial charge in [0.15, 0.2) is 0 Å². The molecule has 0 spiro atoms. The van der Waals surface area contributed by atoms with Gasteiger partial charge in [0.25, 0.3) is 5.91 Å². The number of nitrogens with zero attached hydrogens (tertiary/aromatic N) is 3. The van der Waals surface area contributed by atoms with E-state index in [0.29, 0.717) is 17.7 Å². The second-order valence-electron chi connectivity index (χ2n) is 7.17. The zero-order valence-corrected chi connectivity index (χ0v) is 15.5. The van der Waals surface area contributed by atoms with Gasteiger partial charge < -0.3 is 14.0 Å². The van der Waals surface area contributed by atoms with E-state index >= 15 is 0 Å². The summed E-state index contributed by atoms with van der Waals surface area (Å²) >= 11 is 0. The van der Waals surface area contributed by atoms with Crippen molar-refractivity contribution >= 4 is 23.4 Å². The first kappa shape index (κ1) is 17.4. The van der Waals surface area contributed by atoms with Crippen molar-refractivity contribution in [2.24, 2.45) is 0 Å². The number of fused-ring (bicyclic) bond motifs is 2. The number of imide groups is 1. The second-order valence-corrected chi connectivity index (χ2v) is 7.17. The Morgan fingerprint density at radius 2 is 2.03 bits per heavy atom. The highest BCUT2D eigenvalue weighted by Crippen LogP contribution is 2.33. The van der Waals surface area contributed by atoms with Gasteiger partial charge in [-0.3, -0.25) is 19.7 Å². The van der Waals surface area contributed by atoms with Crippen LogP contribution in [0, 0.1) is 0 Å². The van der Waals surface area contributed by atoms with Crippen molar-refractivity contribution in [3.8, 4) is 5.75 Å². The van der Waals surface area contributed by atoms with Gasteiger partial charge in [-0.25, -0.2) is 4.98 Å². The van der Waals surface area contributed by atoms with Gasteiger partial charge in [0.2, 0.25) is 11.8 Å². The van der Waals surface area contributed by atoms with Gasteiger partial charge in [-0.1, -0.05) is 12.1 Å². The lowest BCUT2D eigenvalue weighted by Crippen LogP contribution is -2.52. The third kappa shape index (κ3) is 3.02. The molecule has 2 aliphatic heterocycles. The summed E-state index contributed by atoms with van der Waals surface area (Å²) in [6.07, 6.45) is 4.39. The molecule has 1 fully saturated rings. The van der Waals surface area contributed by atoms with Crippen LogP contribution in [-0.4, -0.2) is 38.0 Å². The fourth-order valence-corrected chi connectivity index (χ4v) is 3.90. The lowest BCUT2D eigenvalue weighted by Gasteiger charge is -2.29. The maximum atomic E-state index is 12.9. The third-order valence-corrected chi connectivity index (χ3v) is 5.33. The molecule has 0 saturated carbocycles. The largest absolute Gasteiger partial charge is 0.487 e. The van der Waals surface area contributed by atoms with E-state index < -0.39 is 11.9 Å². The Morgan fingerprint density at radius 1 is 1.14 bits per heavy atom. The van der Waals surface area contributed by atoms with Crippen LogP contribution < -0.4 is 10.1 Å². The van der Waals surface area contributed by atoms with Gasteiger partial charge in [0.1, 0.15) is 24.0 Å². The number of aromatic nitrogens is 2. The minimum absolute atomic E-state index is 0.215. The van der Waals surface area contributed by atoms with Gasteiger partial charge in [0, 0.05) is 29.9 Å². The van der Waals surface area contributed by atoms with Crippen molar-refractivity contribution in [2.75, 3.05) is 0 Å². The molecule has 1 atom stereocenters. The zero-order valence-electron chi connectivity index (χ0n) is 15.5. The van der Waals surface area contributed by atoms with Crippen LogP contribution in [0.25, 0.3) is 5.65 Å². The molecular weight excluding hydrogens is 372 g/mol. The minimum atomic E-state index is -0.640. The van der Waals surface area contributed by atoms with E-state index in [4.69, 9.17) is 4.74 Å². The van der Waals surface area contributed by atoms with Crippen molar-refractivity contribution in [3.63, 3.8) is 0 Å². The quantitative estimate of drug-likeness (QED) is 0.684. The number of ether oxygens (including phenoxy) is 1. The molecule has 8 nitrogen and oxygen atoms in total. The molecule has 146 valence electrons. The molecule has 5 rings (SSSR count). The summed E-state index contributed by atoms with van der Waals surface area (Å²) in [5.74, 6) is -0.336. The monoisotopic (exact) mass is 390 g/mol. The predicted octanol–water partition coefficient (Wildman–Crippen LogP) is 1.67. The molecule has 3 aromatic rings. The number of carbonyl (C=O) groups is 3. The highest BCUT2D eigenvalue weighted by atomic mass is 16.5. The number of hydrogen-bond donors (Lipinski definition) is 1. The molecule has 1 N–H and O–H groups in total. The average Bonchev–Trinajstić information content (AvgIpc) is 3.28. The Morgan fingerprint density at radius 3 is 2.86 bits per heavy atom. The van der Waals surface area contributed by atoms with Gasteiger partial charge in [-0.2, -0.15) is 0 Å². The van der Waals surface area contributed by atoms with E-state index in [1.165, 1.54) is 4.90 Å². The van der Waals surface area contributed by atoms with E-state index in [0.717, 1.165) is 16.9 Å². The van der Waals surface area contributed by atoms with Crippen molar-refractivity contribution in [1.29, 1.82) is 0 Å². The van der Waals surface area contributed by atoms with Crippen LogP contribution >= 0.6 is 0 Å². The number of imidazole rings is 1. The second kappa shape index (κ2) is 6.73. The topological polar surface area (TPSA) is 93.0 Å². The molecule has 8 heteroatoms. The molecule has 0 bridgehead atoms. The molecular formula is C21H18N4O4. The van der Waals surface area contributed by atoms with E-state index in [1.54, 1.807) is 12.1 Å². The number of rotatable bonds is 4. The minimum Gasteiger partial charge on any atom is -0.487 e. The number of carbonyl (C=O) groups excluding carboxylic acids is 3. The van der Waals surface area contributed by atoms with Crippen molar-refractivity contribution in [3.05, 3.63) is 65.6 Å². The molecule has 0 radical (unpaired) electrons. The van der Waals surface area contributed by atoms with E-state index in [9.17, 15) is 14.4 Å². The normalized spacial score (nSPS) is 18.8. The van der Waals surface area contributed by atoms with Crippen LogP contribution in [0.4, 0.5) is 0 Å². The summed E-state index contributed by atoms with van der Waals surface area (Å²) in [7, 11) is 0. The summed E-state index contributed by atoms with van der Waals surface area (Å²) in [5, 5.41) is 2.31. The first-order chi connectivity index (χ1) is 14.1. The standard InChI is InChI=1S/C21H18N4O4/c26-19-8-7-16(20(27)23-19)25-11-15-14(21(25)28)4-3-5-17(15)29-12-13-10-24-9-2-1-6-18(24)22-13/h1-6,9-10,16H,7-8,11-12H2,(H,23,26,27). The van der Waals surface area contributed by atoms with Crippen LogP contribution in [0.5, 0.6) is 5.75 Å². The molecule has 1 saturated heterocycles. The SMILES string of the molecule is O=C1CCC(N2Cc3c(OCc4cn5ccccc5n4)cccc3C2=O)C(=O)N1. The van der Waals surface area contributed by atoms with Gasteiger partial charge in [-0.05, 0) is 30.7 Å². The van der Waals surface area contributed by atoms with Crippen LogP contribution in [0.1, 0.15) is 34.5 Å². The maximum absolute atomic E-state index is 12.9. The van der Waals surface area contributed by atoms with Crippen LogP contribution in [0.15, 0.2) is 48.8 Å². The Labute approximate surface area is 166 Å². The number of amides is 3. The third-order valence-electron chi connectivity index (χ3n) is 5.33. The zero-order chi connectivity index (χ0) is 20.0. The molecule has 3 amide bonds. The highest BCUT2D eigenvalue weighted by molar-refractivity contribution is 6.05. The summed E-state index contributed by atoms with van der Waals surface area (Å²) in [6.45, 7) is 0.548. The summed E-state index contributed by atoms with van der Waals surface area (Å²) in [5.41, 5.74) is 2.90. The maximum Gasteiger partial charge on any atom is 0.255 e. The first-order valence-corrected chi connectivity index (χ1v) is 9.42. The van der Waals surface area contributed by atoms with Crippen molar-refractivity contribution < 1.29 is 19.1 Å². The summed E-state index contributed by atoms with van der Waals surface area (Å²) < 4.78 is 7.90. The molecule has 0 aliphatic carbocycles. The summed E-state index contributed by atoms with van der Waals surface area (Å²) in [4.78, 5) is 42.5.